The zero-order valence-corrected chi connectivity index (χ0v) is 13.3. The maximum atomic E-state index is 6.11. The molecule has 1 heterocycles. The first-order chi connectivity index (χ1) is 9.56. The molecule has 2 rings (SSSR count). The highest BCUT2D eigenvalue weighted by atomic mass is 16.5. The number of hydrogen-bond acceptors (Lipinski definition) is 3. The van der Waals surface area contributed by atoms with Gasteiger partial charge in [0.2, 0.25) is 0 Å². The number of nitrogens with two attached hydrogens (primary N) is 1. The zero-order valence-electron chi connectivity index (χ0n) is 13.3. The topological polar surface area (TPSA) is 38.5 Å². The minimum Gasteiger partial charge on any atom is -0.384 e. The lowest BCUT2D eigenvalue weighted by molar-refractivity contribution is 0.147. The van der Waals surface area contributed by atoms with Crippen LogP contribution in [0.15, 0.2) is 12.1 Å². The minimum atomic E-state index is 0.345. The van der Waals surface area contributed by atoms with E-state index in [0.29, 0.717) is 18.5 Å². The summed E-state index contributed by atoms with van der Waals surface area (Å²) in [5, 5.41) is 0. The molecule has 1 aromatic carbocycles. The molecule has 2 N–H and O–H groups in total. The summed E-state index contributed by atoms with van der Waals surface area (Å²) >= 11 is 0. The molecule has 2 atom stereocenters. The van der Waals surface area contributed by atoms with Crippen molar-refractivity contribution in [1.82, 2.24) is 4.90 Å². The van der Waals surface area contributed by atoms with Crippen molar-refractivity contribution < 1.29 is 4.74 Å². The summed E-state index contributed by atoms with van der Waals surface area (Å²) in [6, 6.07) is 4.89. The lowest BCUT2D eigenvalue weighted by Gasteiger charge is -2.30. The molecule has 0 aromatic heterocycles. The highest BCUT2D eigenvalue weighted by Crippen LogP contribution is 2.31. The van der Waals surface area contributed by atoms with Crippen LogP contribution in [0.2, 0.25) is 0 Å². The molecule has 1 fully saturated rings. The largest absolute Gasteiger partial charge is 0.384 e. The Labute approximate surface area is 123 Å². The number of aryl methyl sites for hydroxylation is 3. The van der Waals surface area contributed by atoms with Crippen LogP contribution in [-0.2, 0) is 4.74 Å². The highest BCUT2D eigenvalue weighted by molar-refractivity contribution is 5.40. The molecule has 0 amide bonds. The predicted octanol–water partition coefficient (Wildman–Crippen LogP) is 2.58. The van der Waals surface area contributed by atoms with Crippen LogP contribution < -0.4 is 5.73 Å². The third-order valence-electron chi connectivity index (χ3n) is 4.45. The molecule has 3 nitrogen and oxygen atoms in total. The molecule has 112 valence electrons. The molecule has 0 aliphatic carbocycles. The van der Waals surface area contributed by atoms with Crippen molar-refractivity contribution >= 4 is 0 Å². The van der Waals surface area contributed by atoms with E-state index in [1.165, 1.54) is 28.7 Å². The van der Waals surface area contributed by atoms with Gasteiger partial charge in [-0.2, -0.15) is 0 Å². The molecule has 0 saturated carbocycles. The molecule has 20 heavy (non-hydrogen) atoms. The molecule has 1 saturated heterocycles. The fraction of sp³-hybridized carbons (Fsp3) is 0.647. The Morgan fingerprint density at radius 2 is 1.95 bits per heavy atom. The van der Waals surface area contributed by atoms with Gasteiger partial charge in [-0.25, -0.2) is 0 Å². The monoisotopic (exact) mass is 276 g/mol. The average molecular weight is 276 g/mol. The first kappa shape index (κ1) is 15.5. The Kier molecular flexibility index (Phi) is 5.19. The standard InChI is InChI=1S/C17H28N2O/c1-12-7-13(2)17(14(3)8-12)16(9-18)19-6-5-15(10-19)11-20-4/h7-8,15-16H,5-6,9-11,18H2,1-4H3. The van der Waals surface area contributed by atoms with Crippen LogP contribution in [0.5, 0.6) is 0 Å². The van der Waals surface area contributed by atoms with Crippen molar-refractivity contribution in [3.05, 3.63) is 34.4 Å². The van der Waals surface area contributed by atoms with Crippen LogP contribution in [-0.4, -0.2) is 38.3 Å². The molecular weight excluding hydrogens is 248 g/mol. The van der Waals surface area contributed by atoms with Crippen molar-refractivity contribution in [1.29, 1.82) is 0 Å². The van der Waals surface area contributed by atoms with Gasteiger partial charge >= 0.3 is 0 Å². The lowest BCUT2D eigenvalue weighted by atomic mass is 9.93. The number of benzene rings is 1. The summed E-state index contributed by atoms with van der Waals surface area (Å²) in [5.41, 5.74) is 11.6. The van der Waals surface area contributed by atoms with E-state index in [2.05, 4.69) is 37.8 Å². The van der Waals surface area contributed by atoms with Crippen LogP contribution in [0, 0.1) is 26.7 Å². The van der Waals surface area contributed by atoms with Crippen molar-refractivity contribution in [3.63, 3.8) is 0 Å². The SMILES string of the molecule is COCC1CCN(C(CN)c2c(C)cc(C)cc2C)C1. The average Bonchev–Trinajstić information content (AvgIpc) is 2.82. The van der Waals surface area contributed by atoms with E-state index in [1.54, 1.807) is 7.11 Å². The fourth-order valence-corrected chi connectivity index (χ4v) is 3.68. The van der Waals surface area contributed by atoms with Crippen molar-refractivity contribution in [2.45, 2.75) is 33.2 Å². The van der Waals surface area contributed by atoms with E-state index < -0.39 is 0 Å². The highest BCUT2D eigenvalue weighted by Gasteiger charge is 2.29. The van der Waals surface area contributed by atoms with E-state index in [4.69, 9.17) is 10.5 Å². The van der Waals surface area contributed by atoms with Crippen molar-refractivity contribution in [2.24, 2.45) is 11.7 Å². The van der Waals surface area contributed by atoms with Crippen LogP contribution in [0.1, 0.15) is 34.7 Å². The quantitative estimate of drug-likeness (QED) is 0.898. The maximum absolute atomic E-state index is 6.11. The summed E-state index contributed by atoms with van der Waals surface area (Å²) in [6.45, 7) is 10.3. The minimum absolute atomic E-state index is 0.345. The normalized spacial score (nSPS) is 21.4. The van der Waals surface area contributed by atoms with E-state index in [9.17, 15) is 0 Å². The smallest absolute Gasteiger partial charge is 0.0503 e. The van der Waals surface area contributed by atoms with Gasteiger partial charge in [-0.05, 0) is 56.3 Å². The summed E-state index contributed by atoms with van der Waals surface area (Å²) in [5.74, 6) is 0.653. The molecule has 1 aliphatic rings. The summed E-state index contributed by atoms with van der Waals surface area (Å²) in [7, 11) is 1.79. The molecular formula is C17H28N2O. The Balaban J connectivity index is 2.21. The van der Waals surface area contributed by atoms with E-state index >= 15 is 0 Å². The number of nitrogens with zero attached hydrogens (tertiary/aromatic N) is 1. The van der Waals surface area contributed by atoms with Gasteiger partial charge in [-0.3, -0.25) is 4.90 Å². The van der Waals surface area contributed by atoms with Crippen LogP contribution in [0.3, 0.4) is 0 Å². The predicted molar refractivity (Wildman–Crippen MR) is 84.0 cm³/mol. The van der Waals surface area contributed by atoms with Gasteiger partial charge in [-0.15, -0.1) is 0 Å². The summed E-state index contributed by atoms with van der Waals surface area (Å²) < 4.78 is 5.30. The molecule has 0 bridgehead atoms. The molecule has 1 aliphatic heterocycles. The zero-order chi connectivity index (χ0) is 14.7. The maximum Gasteiger partial charge on any atom is 0.0503 e. The number of rotatable bonds is 5. The first-order valence-corrected chi connectivity index (χ1v) is 7.57. The third kappa shape index (κ3) is 3.22. The van der Waals surface area contributed by atoms with Crippen LogP contribution in [0.25, 0.3) is 0 Å². The van der Waals surface area contributed by atoms with E-state index in [1.807, 2.05) is 0 Å². The Morgan fingerprint density at radius 3 is 2.50 bits per heavy atom. The van der Waals surface area contributed by atoms with E-state index in [0.717, 1.165) is 19.7 Å². The Morgan fingerprint density at radius 1 is 1.30 bits per heavy atom. The van der Waals surface area contributed by atoms with E-state index in [-0.39, 0.29) is 0 Å². The van der Waals surface area contributed by atoms with Gasteiger partial charge in [0.25, 0.3) is 0 Å². The van der Waals surface area contributed by atoms with Gasteiger partial charge in [0.1, 0.15) is 0 Å². The second kappa shape index (κ2) is 6.70. The number of hydrogen-bond donors (Lipinski definition) is 1. The number of likely N-dealkylation sites (tertiary alicyclic amines) is 1. The summed E-state index contributed by atoms with van der Waals surface area (Å²) in [6.07, 6.45) is 1.22. The van der Waals surface area contributed by atoms with Crippen LogP contribution >= 0.6 is 0 Å². The third-order valence-corrected chi connectivity index (χ3v) is 4.45. The van der Waals surface area contributed by atoms with Crippen LogP contribution in [0.4, 0.5) is 0 Å². The molecule has 1 aromatic rings. The first-order valence-electron chi connectivity index (χ1n) is 7.57. The molecule has 0 radical (unpaired) electrons. The summed E-state index contributed by atoms with van der Waals surface area (Å²) in [4.78, 5) is 2.54. The van der Waals surface area contributed by atoms with Gasteiger partial charge in [0, 0.05) is 26.2 Å². The second-order valence-electron chi connectivity index (χ2n) is 6.17. The Bertz CT molecular complexity index is 435. The van der Waals surface area contributed by atoms with Gasteiger partial charge in [-0.1, -0.05) is 17.7 Å². The van der Waals surface area contributed by atoms with Gasteiger partial charge in [0.15, 0.2) is 0 Å². The van der Waals surface area contributed by atoms with Gasteiger partial charge < -0.3 is 10.5 Å². The molecule has 0 spiro atoms. The molecule has 2 unspecified atom stereocenters. The fourth-order valence-electron chi connectivity index (χ4n) is 3.68. The second-order valence-corrected chi connectivity index (χ2v) is 6.17. The molecule has 3 heteroatoms. The lowest BCUT2D eigenvalue weighted by Crippen LogP contribution is -2.33. The Hall–Kier alpha value is -0.900. The number of ether oxygens (including phenoxy) is 1. The number of methoxy groups -OCH3 is 1. The van der Waals surface area contributed by atoms with Crippen molar-refractivity contribution in [2.75, 3.05) is 33.4 Å². The van der Waals surface area contributed by atoms with Crippen molar-refractivity contribution in [3.8, 4) is 0 Å². The van der Waals surface area contributed by atoms with Gasteiger partial charge in [0.05, 0.1) is 6.61 Å².